The van der Waals surface area contributed by atoms with Crippen molar-refractivity contribution < 1.29 is 4.79 Å². The molecule has 0 aliphatic carbocycles. The van der Waals surface area contributed by atoms with Gasteiger partial charge in [0.05, 0.1) is 17.2 Å². The number of aldehydes is 1. The summed E-state index contributed by atoms with van der Waals surface area (Å²) in [6.07, 6.45) is 2.45. The maximum absolute atomic E-state index is 11.0. The lowest BCUT2D eigenvalue weighted by molar-refractivity contribution is 0.112. The Morgan fingerprint density at radius 2 is 2.21 bits per heavy atom. The fourth-order valence-electron chi connectivity index (χ4n) is 1.91. The van der Waals surface area contributed by atoms with Gasteiger partial charge >= 0.3 is 0 Å². The van der Waals surface area contributed by atoms with Gasteiger partial charge in [-0.25, -0.2) is 4.98 Å². The van der Waals surface area contributed by atoms with E-state index in [4.69, 9.17) is 5.26 Å². The number of carbonyl (C=O) groups excluding carboxylic acids is 1. The van der Waals surface area contributed by atoms with Gasteiger partial charge in [0.2, 0.25) is 0 Å². The smallest absolute Gasteiger partial charge is 0.153 e. The highest BCUT2D eigenvalue weighted by Crippen LogP contribution is 2.16. The van der Waals surface area contributed by atoms with E-state index in [1.165, 1.54) is 0 Å². The van der Waals surface area contributed by atoms with Gasteiger partial charge in [0.25, 0.3) is 0 Å². The molecule has 0 saturated heterocycles. The second-order valence-corrected chi connectivity index (χ2v) is 4.20. The van der Waals surface area contributed by atoms with Crippen LogP contribution in [0.5, 0.6) is 0 Å². The lowest BCUT2D eigenvalue weighted by Gasteiger charge is -2.19. The van der Waals surface area contributed by atoms with Gasteiger partial charge in [-0.2, -0.15) is 5.26 Å². The first kappa shape index (κ1) is 12.8. The number of hydrogen-bond donors (Lipinski definition) is 0. The average Bonchev–Trinajstić information content (AvgIpc) is 2.47. The first-order valence-electron chi connectivity index (χ1n) is 5.85. The van der Waals surface area contributed by atoms with Crippen LogP contribution in [-0.2, 0) is 6.54 Å². The third-order valence-electron chi connectivity index (χ3n) is 2.78. The highest BCUT2D eigenvalue weighted by molar-refractivity contribution is 5.82. The van der Waals surface area contributed by atoms with Crippen LogP contribution in [0.25, 0.3) is 0 Å². The van der Waals surface area contributed by atoms with Gasteiger partial charge in [-0.05, 0) is 29.8 Å². The summed E-state index contributed by atoms with van der Waals surface area (Å²) in [6, 6.07) is 13.0. The Bertz CT molecular complexity index is 631. The van der Waals surface area contributed by atoms with E-state index >= 15 is 0 Å². The molecule has 0 saturated carbocycles. The first-order chi connectivity index (χ1) is 9.24. The van der Waals surface area contributed by atoms with E-state index in [0.717, 1.165) is 11.8 Å². The summed E-state index contributed by atoms with van der Waals surface area (Å²) in [6.45, 7) is 0.591. The average molecular weight is 251 g/mol. The predicted octanol–water partition coefficient (Wildman–Crippen LogP) is 2.40. The lowest BCUT2D eigenvalue weighted by atomic mass is 10.1. The Hall–Kier alpha value is -2.67. The Labute approximate surface area is 111 Å². The Morgan fingerprint density at radius 3 is 2.95 bits per heavy atom. The molecule has 1 heterocycles. The number of rotatable bonds is 4. The van der Waals surface area contributed by atoms with E-state index < -0.39 is 0 Å². The molecule has 0 aliphatic rings. The van der Waals surface area contributed by atoms with Crippen LogP contribution in [0, 0.1) is 11.3 Å². The van der Waals surface area contributed by atoms with Crippen molar-refractivity contribution in [1.29, 1.82) is 5.26 Å². The third-order valence-corrected chi connectivity index (χ3v) is 2.78. The van der Waals surface area contributed by atoms with Gasteiger partial charge in [-0.15, -0.1) is 0 Å². The second kappa shape index (κ2) is 5.78. The number of aromatic nitrogens is 1. The standard InChI is InChI=1S/C15H13N3O/c1-18(15-14(11-19)6-3-7-17-15)10-13-5-2-4-12(8-13)9-16/h2-8,11H,10H2,1H3. The van der Waals surface area contributed by atoms with Crippen LogP contribution in [-0.4, -0.2) is 18.3 Å². The summed E-state index contributed by atoms with van der Waals surface area (Å²) in [5, 5.41) is 8.87. The molecule has 0 radical (unpaired) electrons. The molecule has 19 heavy (non-hydrogen) atoms. The lowest BCUT2D eigenvalue weighted by Crippen LogP contribution is -2.19. The molecule has 0 amide bonds. The molecule has 0 N–H and O–H groups in total. The minimum Gasteiger partial charge on any atom is -0.355 e. The summed E-state index contributed by atoms with van der Waals surface area (Å²) < 4.78 is 0. The van der Waals surface area contributed by atoms with Crippen LogP contribution in [0.1, 0.15) is 21.5 Å². The first-order valence-corrected chi connectivity index (χ1v) is 5.85. The van der Waals surface area contributed by atoms with Crippen molar-refractivity contribution in [2.24, 2.45) is 0 Å². The van der Waals surface area contributed by atoms with Crippen molar-refractivity contribution in [3.8, 4) is 6.07 Å². The SMILES string of the molecule is CN(Cc1cccc(C#N)c1)c1ncccc1C=O. The number of nitriles is 1. The summed E-state index contributed by atoms with van der Waals surface area (Å²) in [5.41, 5.74) is 2.19. The molecule has 0 aliphatic heterocycles. The number of pyridine rings is 1. The molecular formula is C15H13N3O. The predicted molar refractivity (Wildman–Crippen MR) is 72.9 cm³/mol. The van der Waals surface area contributed by atoms with E-state index in [9.17, 15) is 4.79 Å². The molecule has 4 heteroatoms. The van der Waals surface area contributed by atoms with Gasteiger partial charge in [0.15, 0.2) is 6.29 Å². The maximum Gasteiger partial charge on any atom is 0.153 e. The zero-order chi connectivity index (χ0) is 13.7. The van der Waals surface area contributed by atoms with E-state index in [1.807, 2.05) is 30.1 Å². The van der Waals surface area contributed by atoms with E-state index in [2.05, 4.69) is 11.1 Å². The molecule has 1 aromatic carbocycles. The summed E-state index contributed by atoms with van der Waals surface area (Å²) in [7, 11) is 1.87. The second-order valence-electron chi connectivity index (χ2n) is 4.20. The molecule has 2 rings (SSSR count). The topological polar surface area (TPSA) is 57.0 Å². The molecule has 0 atom stereocenters. The largest absolute Gasteiger partial charge is 0.355 e. The fraction of sp³-hybridized carbons (Fsp3) is 0.133. The van der Waals surface area contributed by atoms with Crippen LogP contribution in [0.4, 0.5) is 5.82 Å². The van der Waals surface area contributed by atoms with Crippen molar-refractivity contribution in [2.75, 3.05) is 11.9 Å². The quantitative estimate of drug-likeness (QED) is 0.783. The number of benzene rings is 1. The van der Waals surface area contributed by atoms with Gasteiger partial charge in [0, 0.05) is 19.8 Å². The van der Waals surface area contributed by atoms with Crippen LogP contribution in [0.3, 0.4) is 0 Å². The van der Waals surface area contributed by atoms with Gasteiger partial charge < -0.3 is 4.90 Å². The molecule has 1 aromatic heterocycles. The summed E-state index contributed by atoms with van der Waals surface area (Å²) in [5.74, 6) is 0.639. The van der Waals surface area contributed by atoms with Crippen molar-refractivity contribution in [3.63, 3.8) is 0 Å². The highest BCUT2D eigenvalue weighted by Gasteiger charge is 2.08. The van der Waals surface area contributed by atoms with Gasteiger partial charge in [-0.3, -0.25) is 4.79 Å². The van der Waals surface area contributed by atoms with Crippen molar-refractivity contribution >= 4 is 12.1 Å². The van der Waals surface area contributed by atoms with Crippen molar-refractivity contribution in [3.05, 3.63) is 59.3 Å². The fourth-order valence-corrected chi connectivity index (χ4v) is 1.91. The molecule has 94 valence electrons. The molecule has 0 unspecified atom stereocenters. The minimum absolute atomic E-state index is 0.557. The molecule has 0 bridgehead atoms. The van der Waals surface area contributed by atoms with E-state index in [-0.39, 0.29) is 0 Å². The van der Waals surface area contributed by atoms with Crippen molar-refractivity contribution in [2.45, 2.75) is 6.54 Å². The van der Waals surface area contributed by atoms with Crippen molar-refractivity contribution in [1.82, 2.24) is 4.98 Å². The van der Waals surface area contributed by atoms with Crippen LogP contribution in [0.2, 0.25) is 0 Å². The molecular weight excluding hydrogens is 238 g/mol. The Balaban J connectivity index is 2.23. The number of hydrogen-bond acceptors (Lipinski definition) is 4. The Morgan fingerprint density at radius 1 is 1.37 bits per heavy atom. The maximum atomic E-state index is 11.0. The van der Waals surface area contributed by atoms with Gasteiger partial charge in [-0.1, -0.05) is 12.1 Å². The van der Waals surface area contributed by atoms with E-state index in [1.54, 1.807) is 24.4 Å². The van der Waals surface area contributed by atoms with Gasteiger partial charge in [0.1, 0.15) is 5.82 Å². The number of nitrogens with zero attached hydrogens (tertiary/aromatic N) is 3. The molecule has 2 aromatic rings. The summed E-state index contributed by atoms with van der Waals surface area (Å²) in [4.78, 5) is 17.1. The zero-order valence-corrected chi connectivity index (χ0v) is 10.6. The molecule has 0 fully saturated rings. The third kappa shape index (κ3) is 2.96. The van der Waals surface area contributed by atoms with Crippen LogP contribution >= 0.6 is 0 Å². The molecule has 4 nitrogen and oxygen atoms in total. The molecule has 0 spiro atoms. The normalized spacial score (nSPS) is 9.68. The zero-order valence-electron chi connectivity index (χ0n) is 10.6. The highest BCUT2D eigenvalue weighted by atomic mass is 16.1. The van der Waals surface area contributed by atoms with Crippen LogP contribution in [0.15, 0.2) is 42.6 Å². The number of carbonyl (C=O) groups is 1. The number of anilines is 1. The minimum atomic E-state index is 0.557. The van der Waals surface area contributed by atoms with Crippen LogP contribution < -0.4 is 4.90 Å². The Kier molecular flexibility index (Phi) is 3.89. The van der Waals surface area contributed by atoms with E-state index in [0.29, 0.717) is 23.5 Å². The summed E-state index contributed by atoms with van der Waals surface area (Å²) >= 11 is 0. The monoisotopic (exact) mass is 251 g/mol.